The van der Waals surface area contributed by atoms with Crippen LogP contribution in [0, 0.1) is 6.92 Å². The third-order valence-electron chi connectivity index (χ3n) is 4.04. The van der Waals surface area contributed by atoms with Crippen LogP contribution in [0.2, 0.25) is 0 Å². The maximum absolute atomic E-state index is 5.43. The van der Waals surface area contributed by atoms with Crippen LogP contribution in [-0.4, -0.2) is 56.5 Å². The number of hydrogen-bond acceptors (Lipinski definition) is 2. The molecule has 4 nitrogen and oxygen atoms in total. The van der Waals surface area contributed by atoms with E-state index in [-0.39, 0.29) is 0 Å². The molecule has 1 aromatic rings. The minimum atomic E-state index is 0.693. The van der Waals surface area contributed by atoms with E-state index in [9.17, 15) is 0 Å². The summed E-state index contributed by atoms with van der Waals surface area (Å²) >= 11 is 5.43. The lowest BCUT2D eigenvalue weighted by Gasteiger charge is -2.34. The van der Waals surface area contributed by atoms with Crippen LogP contribution in [0.3, 0.4) is 0 Å². The van der Waals surface area contributed by atoms with Crippen molar-refractivity contribution in [3.63, 3.8) is 0 Å². The van der Waals surface area contributed by atoms with Crippen molar-refractivity contribution in [2.24, 2.45) is 0 Å². The fourth-order valence-corrected chi connectivity index (χ4v) is 2.94. The third-order valence-corrected chi connectivity index (χ3v) is 4.44. The normalized spacial score (nSPS) is 16.0. The summed E-state index contributed by atoms with van der Waals surface area (Å²) in [7, 11) is 1.71. The Morgan fingerprint density at radius 1 is 1.33 bits per heavy atom. The average Bonchev–Trinajstić information content (AvgIpc) is 2.50. The van der Waals surface area contributed by atoms with Gasteiger partial charge in [0, 0.05) is 19.2 Å². The fourth-order valence-electron chi connectivity index (χ4n) is 2.65. The first-order chi connectivity index (χ1) is 10.2. The number of nitrogens with zero attached hydrogens (tertiary/aromatic N) is 1. The fraction of sp³-hybridized carbons (Fsp3) is 0.562. The molecule has 0 atom stereocenters. The molecule has 2 N–H and O–H groups in total. The van der Waals surface area contributed by atoms with Gasteiger partial charge in [-0.3, -0.25) is 0 Å². The molecule has 5 heteroatoms. The molecule has 1 aromatic carbocycles. The van der Waals surface area contributed by atoms with Crippen molar-refractivity contribution in [1.29, 1.82) is 0 Å². The summed E-state index contributed by atoms with van der Waals surface area (Å²) in [5, 5.41) is 4.11. The summed E-state index contributed by atoms with van der Waals surface area (Å²) in [5.41, 5.74) is 2.85. The van der Waals surface area contributed by atoms with Crippen molar-refractivity contribution < 1.29 is 9.64 Å². The molecule has 21 heavy (non-hydrogen) atoms. The number of thiocarbonyl (C=S) groups is 1. The molecule has 0 radical (unpaired) electrons. The molecule has 0 aromatic heterocycles. The van der Waals surface area contributed by atoms with E-state index >= 15 is 0 Å². The maximum atomic E-state index is 5.43. The lowest BCUT2D eigenvalue weighted by molar-refractivity contribution is -0.917. The SMILES string of the molecule is COCCNC(=S)N1CC[NH+](Cc2ccccc2C)CC1. The number of ether oxygens (including phenoxy) is 1. The molecular weight excluding hydrogens is 282 g/mol. The predicted molar refractivity (Wildman–Crippen MR) is 89.6 cm³/mol. The Morgan fingerprint density at radius 2 is 2.05 bits per heavy atom. The zero-order valence-corrected chi connectivity index (χ0v) is 13.8. The zero-order valence-electron chi connectivity index (χ0n) is 13.0. The van der Waals surface area contributed by atoms with Crippen molar-refractivity contribution in [1.82, 2.24) is 10.2 Å². The minimum Gasteiger partial charge on any atom is -0.383 e. The summed E-state index contributed by atoms with van der Waals surface area (Å²) in [6.07, 6.45) is 0. The van der Waals surface area contributed by atoms with Gasteiger partial charge < -0.3 is 19.9 Å². The first kappa shape index (κ1) is 16.2. The molecule has 116 valence electrons. The van der Waals surface area contributed by atoms with Crippen LogP contribution in [0.4, 0.5) is 0 Å². The first-order valence-electron chi connectivity index (χ1n) is 7.60. The van der Waals surface area contributed by atoms with Crippen molar-refractivity contribution in [3.8, 4) is 0 Å². The first-order valence-corrected chi connectivity index (χ1v) is 8.01. The van der Waals surface area contributed by atoms with Crippen LogP contribution < -0.4 is 10.2 Å². The highest BCUT2D eigenvalue weighted by Gasteiger charge is 2.21. The Bertz CT molecular complexity index is 459. The lowest BCUT2D eigenvalue weighted by atomic mass is 10.1. The average molecular weight is 308 g/mol. The highest BCUT2D eigenvalue weighted by atomic mass is 32.1. The predicted octanol–water partition coefficient (Wildman–Crippen LogP) is 0.216. The number of methoxy groups -OCH3 is 1. The van der Waals surface area contributed by atoms with Gasteiger partial charge in [-0.05, 0) is 24.7 Å². The second-order valence-electron chi connectivity index (χ2n) is 5.57. The van der Waals surface area contributed by atoms with E-state index in [2.05, 4.69) is 41.4 Å². The number of quaternary nitrogens is 1. The molecule has 1 heterocycles. The van der Waals surface area contributed by atoms with Gasteiger partial charge in [0.25, 0.3) is 0 Å². The number of benzene rings is 1. The summed E-state index contributed by atoms with van der Waals surface area (Å²) in [6.45, 7) is 9.12. The number of rotatable bonds is 5. The van der Waals surface area contributed by atoms with Crippen LogP contribution in [0.1, 0.15) is 11.1 Å². The van der Waals surface area contributed by atoms with Gasteiger partial charge in [-0.2, -0.15) is 0 Å². The molecule has 0 unspecified atom stereocenters. The second kappa shape index (κ2) is 8.32. The third kappa shape index (κ3) is 4.95. The molecule has 0 amide bonds. The molecule has 1 aliphatic rings. The Balaban J connectivity index is 1.75. The molecule has 0 spiro atoms. The Kier molecular flexibility index (Phi) is 6.42. The van der Waals surface area contributed by atoms with Crippen molar-refractivity contribution in [2.45, 2.75) is 13.5 Å². The molecule has 1 fully saturated rings. The molecule has 2 rings (SSSR count). The van der Waals surface area contributed by atoms with Crippen molar-refractivity contribution in [3.05, 3.63) is 35.4 Å². The van der Waals surface area contributed by atoms with E-state index in [4.69, 9.17) is 17.0 Å². The zero-order chi connectivity index (χ0) is 15.1. The molecule has 0 saturated carbocycles. The summed E-state index contributed by atoms with van der Waals surface area (Å²) in [5.74, 6) is 0. The monoisotopic (exact) mass is 308 g/mol. The van der Waals surface area contributed by atoms with Gasteiger partial charge in [-0.1, -0.05) is 24.3 Å². The maximum Gasteiger partial charge on any atom is 0.169 e. The smallest absolute Gasteiger partial charge is 0.169 e. The van der Waals surface area contributed by atoms with Gasteiger partial charge >= 0.3 is 0 Å². The van der Waals surface area contributed by atoms with E-state index in [0.717, 1.165) is 44.4 Å². The van der Waals surface area contributed by atoms with Gasteiger partial charge in [0.1, 0.15) is 6.54 Å². The van der Waals surface area contributed by atoms with Crippen molar-refractivity contribution >= 4 is 17.3 Å². The quantitative estimate of drug-likeness (QED) is 0.601. The van der Waals surface area contributed by atoms with Crippen LogP contribution >= 0.6 is 12.2 Å². The molecule has 0 bridgehead atoms. The second-order valence-corrected chi connectivity index (χ2v) is 5.95. The van der Waals surface area contributed by atoms with E-state index < -0.39 is 0 Å². The van der Waals surface area contributed by atoms with E-state index in [1.165, 1.54) is 11.1 Å². The molecule has 1 saturated heterocycles. The van der Waals surface area contributed by atoms with Gasteiger partial charge in [0.15, 0.2) is 5.11 Å². The van der Waals surface area contributed by atoms with Gasteiger partial charge in [-0.15, -0.1) is 0 Å². The Labute approximate surface area is 133 Å². The summed E-state index contributed by atoms with van der Waals surface area (Å²) < 4.78 is 5.03. The van der Waals surface area contributed by atoms with Gasteiger partial charge in [-0.25, -0.2) is 0 Å². The van der Waals surface area contributed by atoms with E-state index in [1.54, 1.807) is 12.0 Å². The Morgan fingerprint density at radius 3 is 2.71 bits per heavy atom. The van der Waals surface area contributed by atoms with Crippen LogP contribution in [0.15, 0.2) is 24.3 Å². The van der Waals surface area contributed by atoms with E-state index in [1.807, 2.05) is 0 Å². The molecule has 0 aliphatic carbocycles. The minimum absolute atomic E-state index is 0.693. The largest absolute Gasteiger partial charge is 0.383 e. The molecular formula is C16H26N3OS+. The van der Waals surface area contributed by atoms with Gasteiger partial charge in [0.2, 0.25) is 0 Å². The highest BCUT2D eigenvalue weighted by molar-refractivity contribution is 7.80. The van der Waals surface area contributed by atoms with Crippen LogP contribution in [0.5, 0.6) is 0 Å². The summed E-state index contributed by atoms with van der Waals surface area (Å²) in [4.78, 5) is 3.91. The Hall–Kier alpha value is -1.17. The lowest BCUT2D eigenvalue weighted by Crippen LogP contribution is -3.13. The van der Waals surface area contributed by atoms with Crippen LogP contribution in [0.25, 0.3) is 0 Å². The topological polar surface area (TPSA) is 28.9 Å². The van der Waals surface area contributed by atoms with Crippen molar-refractivity contribution in [2.75, 3.05) is 46.4 Å². The number of aryl methyl sites for hydroxylation is 1. The number of piperazine rings is 1. The number of hydrogen-bond donors (Lipinski definition) is 2. The molecule has 1 aliphatic heterocycles. The summed E-state index contributed by atoms with van der Waals surface area (Å²) in [6, 6.07) is 8.68. The standard InChI is InChI=1S/C16H25N3OS/c1-14-5-3-4-6-15(14)13-18-8-10-19(11-9-18)16(21)17-7-12-20-2/h3-6H,7-13H2,1-2H3,(H,17,21)/p+1. The highest BCUT2D eigenvalue weighted by Crippen LogP contribution is 2.05. The number of nitrogens with one attached hydrogen (secondary N) is 2. The van der Waals surface area contributed by atoms with E-state index in [0.29, 0.717) is 6.61 Å². The van der Waals surface area contributed by atoms with Crippen LogP contribution in [-0.2, 0) is 11.3 Å². The van der Waals surface area contributed by atoms with Gasteiger partial charge in [0.05, 0.1) is 32.8 Å².